The molecule has 8 heteroatoms. The summed E-state index contributed by atoms with van der Waals surface area (Å²) >= 11 is 0. The Morgan fingerprint density at radius 2 is 2.12 bits per heavy atom. The Bertz CT molecular complexity index is 927. The molecule has 4 N–H and O–H groups in total. The first kappa shape index (κ1) is 15.6. The molecule has 1 aliphatic heterocycles. The highest BCUT2D eigenvalue weighted by atomic mass is 16.5. The number of nitrogens with two attached hydrogens (primary N) is 1. The van der Waals surface area contributed by atoms with E-state index in [2.05, 4.69) is 20.3 Å². The van der Waals surface area contributed by atoms with Gasteiger partial charge in [0, 0.05) is 12.3 Å². The zero-order chi connectivity index (χ0) is 17.6. The Morgan fingerprint density at radius 3 is 2.84 bits per heavy atom. The molecule has 2 aromatic rings. The van der Waals surface area contributed by atoms with Crippen molar-refractivity contribution in [3.8, 4) is 0 Å². The van der Waals surface area contributed by atoms with Crippen LogP contribution in [0.2, 0.25) is 0 Å². The third kappa shape index (κ3) is 2.45. The Hall–Kier alpha value is -2.90. The highest BCUT2D eigenvalue weighted by Crippen LogP contribution is 2.42. The minimum atomic E-state index is -0.533. The van der Waals surface area contributed by atoms with Crippen LogP contribution in [-0.2, 0) is 5.54 Å². The number of hydrogen-bond acceptors (Lipinski definition) is 6. The van der Waals surface area contributed by atoms with Gasteiger partial charge in [0.1, 0.15) is 11.5 Å². The van der Waals surface area contributed by atoms with E-state index in [0.717, 1.165) is 36.8 Å². The predicted octanol–water partition coefficient (Wildman–Crippen LogP) is 1.54. The molecule has 0 radical (unpaired) electrons. The fourth-order valence-electron chi connectivity index (χ4n) is 3.89. The normalized spacial score (nSPS) is 19.1. The number of nitrogens with one attached hydrogen (secondary N) is 1. The van der Waals surface area contributed by atoms with E-state index in [4.69, 9.17) is 5.73 Å². The van der Waals surface area contributed by atoms with Gasteiger partial charge in [-0.3, -0.25) is 4.79 Å². The summed E-state index contributed by atoms with van der Waals surface area (Å²) in [5.74, 6) is 0.161. The number of carbonyl (C=O) groups excluding carboxylic acids is 1. The maximum atomic E-state index is 12.5. The summed E-state index contributed by atoms with van der Waals surface area (Å²) in [5, 5.41) is 13.9. The van der Waals surface area contributed by atoms with Crippen molar-refractivity contribution in [2.24, 2.45) is 4.99 Å². The molecule has 1 saturated carbocycles. The maximum absolute atomic E-state index is 12.5. The third-order valence-electron chi connectivity index (χ3n) is 5.00. The molecular formula is C17H20N6O2. The van der Waals surface area contributed by atoms with Crippen LogP contribution < -0.4 is 16.7 Å². The summed E-state index contributed by atoms with van der Waals surface area (Å²) in [6, 6.07) is 3.28. The second-order valence-corrected chi connectivity index (χ2v) is 6.68. The van der Waals surface area contributed by atoms with Gasteiger partial charge in [-0.25, -0.2) is 15.0 Å². The van der Waals surface area contributed by atoms with Crippen LogP contribution in [-0.4, -0.2) is 25.8 Å². The van der Waals surface area contributed by atoms with Crippen molar-refractivity contribution >= 4 is 17.4 Å². The average Bonchev–Trinajstić information content (AvgIpc) is 2.85. The molecule has 0 aromatic carbocycles. The van der Waals surface area contributed by atoms with Gasteiger partial charge in [0.05, 0.1) is 22.5 Å². The number of carbonyl (C=O) groups is 1. The number of anilines is 1. The zero-order valence-electron chi connectivity index (χ0n) is 14.0. The van der Waals surface area contributed by atoms with Crippen LogP contribution in [0.4, 0.5) is 11.5 Å². The summed E-state index contributed by atoms with van der Waals surface area (Å²) < 4.78 is 0.960. The van der Waals surface area contributed by atoms with Crippen molar-refractivity contribution in [3.05, 3.63) is 40.9 Å². The van der Waals surface area contributed by atoms with Crippen molar-refractivity contribution in [2.45, 2.75) is 44.6 Å². The summed E-state index contributed by atoms with van der Waals surface area (Å²) in [6.45, 7) is 1.76. The van der Waals surface area contributed by atoms with E-state index in [1.807, 2.05) is 0 Å². The minimum absolute atomic E-state index is 0.128. The van der Waals surface area contributed by atoms with Crippen molar-refractivity contribution in [1.82, 2.24) is 20.0 Å². The van der Waals surface area contributed by atoms with Gasteiger partial charge in [-0.1, -0.05) is 19.3 Å². The van der Waals surface area contributed by atoms with Crippen LogP contribution in [0.1, 0.15) is 53.8 Å². The lowest BCUT2D eigenvalue weighted by Gasteiger charge is -2.34. The highest BCUT2D eigenvalue weighted by molar-refractivity contribution is 6.00. The van der Waals surface area contributed by atoms with Crippen molar-refractivity contribution < 1.29 is 10.0 Å². The predicted molar refractivity (Wildman–Crippen MR) is 90.3 cm³/mol. The van der Waals surface area contributed by atoms with Crippen LogP contribution in [0.5, 0.6) is 0 Å². The Balaban J connectivity index is 1.94. The lowest BCUT2D eigenvalue weighted by molar-refractivity contribution is 0.0891. The van der Waals surface area contributed by atoms with Crippen molar-refractivity contribution in [2.75, 3.05) is 5.73 Å². The number of nitrogens with zero attached hydrogens (tertiary/aromatic N) is 4. The van der Waals surface area contributed by atoms with Crippen LogP contribution in [0.25, 0.3) is 0 Å². The topological polar surface area (TPSA) is 118 Å². The van der Waals surface area contributed by atoms with Crippen LogP contribution >= 0.6 is 0 Å². The van der Waals surface area contributed by atoms with Crippen LogP contribution in [0, 0.1) is 6.92 Å². The SMILES string of the molecule is Cc1nc(=Nc2ccnc(N)c2)n(O)c2c1C(=O)NC21CCCCC1. The lowest BCUT2D eigenvalue weighted by atomic mass is 9.80. The van der Waals surface area contributed by atoms with Gasteiger partial charge in [-0.15, -0.1) is 0 Å². The molecule has 130 valence electrons. The van der Waals surface area contributed by atoms with Gasteiger partial charge < -0.3 is 16.3 Å². The van der Waals surface area contributed by atoms with E-state index in [1.165, 1.54) is 0 Å². The number of amides is 1. The van der Waals surface area contributed by atoms with E-state index in [0.29, 0.717) is 28.5 Å². The molecule has 2 aliphatic rings. The first-order valence-electron chi connectivity index (χ1n) is 8.42. The molecule has 0 saturated heterocycles. The third-order valence-corrected chi connectivity index (χ3v) is 5.00. The standard InChI is InChI=1S/C17H20N6O2/c1-10-13-14(17(22-15(13)24)6-3-2-4-7-17)23(25)16(20-10)21-11-5-8-19-12(18)9-11/h5,8-9,25H,2-4,6-7H2,1H3,(H2,18,19)(H,22,24). The first-order valence-corrected chi connectivity index (χ1v) is 8.42. The van der Waals surface area contributed by atoms with Gasteiger partial charge in [-0.05, 0) is 25.8 Å². The maximum Gasteiger partial charge on any atom is 0.264 e. The number of hydrogen-bond donors (Lipinski definition) is 3. The molecular weight excluding hydrogens is 320 g/mol. The monoisotopic (exact) mass is 340 g/mol. The molecule has 25 heavy (non-hydrogen) atoms. The molecule has 1 fully saturated rings. The summed E-state index contributed by atoms with van der Waals surface area (Å²) in [6.07, 6.45) is 6.30. The first-order chi connectivity index (χ1) is 12.0. The smallest absolute Gasteiger partial charge is 0.264 e. The van der Waals surface area contributed by atoms with Crippen molar-refractivity contribution in [1.29, 1.82) is 0 Å². The molecule has 1 aliphatic carbocycles. The number of nitrogen functional groups attached to an aromatic ring is 1. The molecule has 0 unspecified atom stereocenters. The molecule has 2 aromatic heterocycles. The molecule has 0 atom stereocenters. The number of aromatic nitrogens is 3. The van der Waals surface area contributed by atoms with Gasteiger partial charge >= 0.3 is 0 Å². The number of aryl methyl sites for hydroxylation is 1. The molecule has 1 amide bonds. The van der Waals surface area contributed by atoms with Gasteiger partial charge in [0.25, 0.3) is 11.5 Å². The van der Waals surface area contributed by atoms with Gasteiger partial charge in [-0.2, -0.15) is 4.73 Å². The van der Waals surface area contributed by atoms with E-state index < -0.39 is 5.54 Å². The number of rotatable bonds is 1. The molecule has 1 spiro atoms. The van der Waals surface area contributed by atoms with E-state index in [9.17, 15) is 10.0 Å². The van der Waals surface area contributed by atoms with Crippen LogP contribution in [0.15, 0.2) is 23.3 Å². The molecule has 4 rings (SSSR count). The average molecular weight is 340 g/mol. The van der Waals surface area contributed by atoms with Gasteiger partial charge in [0.15, 0.2) is 0 Å². The zero-order valence-corrected chi connectivity index (χ0v) is 14.0. The fraction of sp³-hybridized carbons (Fsp3) is 0.412. The van der Waals surface area contributed by atoms with E-state index in [1.54, 1.807) is 25.3 Å². The summed E-state index contributed by atoms with van der Waals surface area (Å²) in [7, 11) is 0. The Morgan fingerprint density at radius 1 is 1.36 bits per heavy atom. The largest absolute Gasteiger partial charge is 0.425 e. The van der Waals surface area contributed by atoms with Crippen molar-refractivity contribution in [3.63, 3.8) is 0 Å². The second-order valence-electron chi connectivity index (χ2n) is 6.68. The quantitative estimate of drug-likeness (QED) is 0.681. The lowest BCUT2D eigenvalue weighted by Crippen LogP contribution is -2.43. The highest BCUT2D eigenvalue weighted by Gasteiger charge is 2.47. The van der Waals surface area contributed by atoms with Gasteiger partial charge in [0.2, 0.25) is 0 Å². The number of fused-ring (bicyclic) bond motifs is 2. The summed E-state index contributed by atoms with van der Waals surface area (Å²) in [5.41, 5.74) is 7.41. The summed E-state index contributed by atoms with van der Waals surface area (Å²) in [4.78, 5) is 25.1. The molecule has 3 heterocycles. The molecule has 8 nitrogen and oxygen atoms in total. The molecule has 0 bridgehead atoms. The number of pyridine rings is 1. The Kier molecular flexibility index (Phi) is 3.48. The second kappa shape index (κ2) is 5.58. The fourth-order valence-corrected chi connectivity index (χ4v) is 3.89. The van der Waals surface area contributed by atoms with E-state index >= 15 is 0 Å². The Labute approximate surface area is 144 Å². The van der Waals surface area contributed by atoms with E-state index in [-0.39, 0.29) is 11.5 Å². The minimum Gasteiger partial charge on any atom is -0.425 e. The van der Waals surface area contributed by atoms with Crippen LogP contribution in [0.3, 0.4) is 0 Å².